The normalized spacial score (nSPS) is 21.7. The molecule has 0 saturated carbocycles. The van der Waals surface area contributed by atoms with E-state index < -0.39 is 0 Å². The summed E-state index contributed by atoms with van der Waals surface area (Å²) in [5.41, 5.74) is 3.34. The Morgan fingerprint density at radius 3 is 2.88 bits per heavy atom. The first-order valence-electron chi connectivity index (χ1n) is 8.73. The number of rotatable bonds is 3. The zero-order valence-corrected chi connectivity index (χ0v) is 14.5. The fourth-order valence-electron chi connectivity index (χ4n) is 3.50. The van der Waals surface area contributed by atoms with Crippen molar-refractivity contribution in [1.29, 1.82) is 0 Å². The van der Waals surface area contributed by atoms with Crippen LogP contribution in [0.4, 0.5) is 0 Å². The van der Waals surface area contributed by atoms with Crippen molar-refractivity contribution in [2.24, 2.45) is 0 Å². The highest BCUT2D eigenvalue weighted by molar-refractivity contribution is 5.92. The van der Waals surface area contributed by atoms with Gasteiger partial charge in [0.05, 0.1) is 5.69 Å². The molecule has 6 heteroatoms. The lowest BCUT2D eigenvalue weighted by Gasteiger charge is -2.23. The summed E-state index contributed by atoms with van der Waals surface area (Å²) in [4.78, 5) is 14.3. The van der Waals surface area contributed by atoms with Gasteiger partial charge in [-0.2, -0.15) is 0 Å². The molecular formula is C19H22N4O2. The van der Waals surface area contributed by atoms with Crippen LogP contribution in [0.3, 0.4) is 0 Å². The third-order valence-electron chi connectivity index (χ3n) is 4.98. The van der Waals surface area contributed by atoms with E-state index in [2.05, 4.69) is 28.5 Å². The molecular weight excluding hydrogens is 316 g/mol. The van der Waals surface area contributed by atoms with Gasteiger partial charge in [-0.15, -0.1) is 10.2 Å². The van der Waals surface area contributed by atoms with E-state index in [9.17, 15) is 4.79 Å². The highest BCUT2D eigenvalue weighted by atomic mass is 16.5. The Hall–Kier alpha value is -2.47. The second-order valence-corrected chi connectivity index (χ2v) is 6.82. The van der Waals surface area contributed by atoms with Crippen LogP contribution in [-0.2, 0) is 6.42 Å². The van der Waals surface area contributed by atoms with Gasteiger partial charge in [0.1, 0.15) is 11.9 Å². The van der Waals surface area contributed by atoms with Gasteiger partial charge >= 0.3 is 0 Å². The number of nitrogens with one attached hydrogen (secondary N) is 1. The molecule has 4 rings (SSSR count). The topological polar surface area (TPSA) is 67.4 Å². The van der Waals surface area contributed by atoms with Crippen LogP contribution < -0.4 is 10.1 Å². The maximum Gasteiger partial charge on any atom is 0.274 e. The quantitative estimate of drug-likeness (QED) is 0.926. The predicted octanol–water partition coefficient (Wildman–Crippen LogP) is 1.90. The van der Waals surface area contributed by atoms with E-state index in [-0.39, 0.29) is 18.1 Å². The third kappa shape index (κ3) is 3.09. The van der Waals surface area contributed by atoms with E-state index in [1.807, 2.05) is 25.2 Å². The van der Waals surface area contributed by atoms with Crippen LogP contribution in [0.2, 0.25) is 0 Å². The Labute approximate surface area is 147 Å². The van der Waals surface area contributed by atoms with Crippen LogP contribution in [-0.4, -0.2) is 53.3 Å². The number of carbonyl (C=O) groups is 1. The molecule has 1 saturated heterocycles. The van der Waals surface area contributed by atoms with Crippen molar-refractivity contribution in [2.45, 2.75) is 31.9 Å². The van der Waals surface area contributed by atoms with Gasteiger partial charge < -0.3 is 15.0 Å². The Balaban J connectivity index is 1.52. The molecule has 2 unspecified atom stereocenters. The van der Waals surface area contributed by atoms with Gasteiger partial charge in [0.15, 0.2) is 5.69 Å². The van der Waals surface area contributed by atoms with Crippen LogP contribution in [0.5, 0.6) is 5.75 Å². The number of ether oxygens (including phenoxy) is 1. The molecule has 1 aromatic heterocycles. The SMILES string of the molecule is CC1Cc2cc(-c3ccc(C(=O)N(C)C4CCNC4)nn3)ccc2O1. The second-order valence-electron chi connectivity index (χ2n) is 6.82. The van der Waals surface area contributed by atoms with Gasteiger partial charge in [0.2, 0.25) is 0 Å². The maximum absolute atomic E-state index is 12.5. The number of aromatic nitrogens is 2. The monoisotopic (exact) mass is 338 g/mol. The fourth-order valence-corrected chi connectivity index (χ4v) is 3.50. The first-order chi connectivity index (χ1) is 12.1. The zero-order chi connectivity index (χ0) is 17.4. The molecule has 0 aliphatic carbocycles. The van der Waals surface area contributed by atoms with Crippen molar-refractivity contribution in [3.8, 4) is 17.0 Å². The number of benzene rings is 1. The van der Waals surface area contributed by atoms with E-state index in [1.54, 1.807) is 11.0 Å². The fraction of sp³-hybridized carbons (Fsp3) is 0.421. The van der Waals surface area contributed by atoms with Gasteiger partial charge in [0, 0.05) is 31.6 Å². The maximum atomic E-state index is 12.5. The van der Waals surface area contributed by atoms with Gasteiger partial charge in [-0.25, -0.2) is 0 Å². The summed E-state index contributed by atoms with van der Waals surface area (Å²) < 4.78 is 5.73. The molecule has 1 amide bonds. The highest BCUT2D eigenvalue weighted by Gasteiger charge is 2.25. The van der Waals surface area contributed by atoms with Crippen molar-refractivity contribution in [2.75, 3.05) is 20.1 Å². The van der Waals surface area contributed by atoms with Crippen molar-refractivity contribution >= 4 is 5.91 Å². The van der Waals surface area contributed by atoms with E-state index >= 15 is 0 Å². The number of hydrogen-bond acceptors (Lipinski definition) is 5. The Morgan fingerprint density at radius 1 is 1.28 bits per heavy atom. The molecule has 2 atom stereocenters. The highest BCUT2D eigenvalue weighted by Crippen LogP contribution is 2.32. The number of likely N-dealkylation sites (N-methyl/N-ethyl adjacent to an activating group) is 1. The van der Waals surface area contributed by atoms with E-state index in [0.717, 1.165) is 42.9 Å². The third-order valence-corrected chi connectivity index (χ3v) is 4.98. The summed E-state index contributed by atoms with van der Waals surface area (Å²) in [6.45, 7) is 3.85. The number of carbonyl (C=O) groups excluding carboxylic acids is 1. The van der Waals surface area contributed by atoms with Crippen molar-refractivity contribution in [3.63, 3.8) is 0 Å². The first-order valence-corrected chi connectivity index (χ1v) is 8.73. The number of fused-ring (bicyclic) bond motifs is 1. The van der Waals surface area contributed by atoms with Crippen LogP contribution in [0.1, 0.15) is 29.4 Å². The molecule has 1 N–H and O–H groups in total. The molecule has 1 fully saturated rings. The van der Waals surface area contributed by atoms with Gasteiger partial charge in [0.25, 0.3) is 5.91 Å². The molecule has 3 heterocycles. The standard InChI is InChI=1S/C19H22N4O2/c1-12-9-14-10-13(3-6-18(14)25-12)16-4-5-17(22-21-16)19(24)23(2)15-7-8-20-11-15/h3-6,10,12,15,20H,7-9,11H2,1-2H3. The molecule has 130 valence electrons. The smallest absolute Gasteiger partial charge is 0.274 e. The van der Waals surface area contributed by atoms with E-state index in [1.165, 1.54) is 5.56 Å². The second kappa shape index (κ2) is 6.44. The predicted molar refractivity (Wildman–Crippen MR) is 94.6 cm³/mol. The van der Waals surface area contributed by atoms with Crippen molar-refractivity contribution in [1.82, 2.24) is 20.4 Å². The molecule has 2 aromatic rings. The largest absolute Gasteiger partial charge is 0.490 e. The summed E-state index contributed by atoms with van der Waals surface area (Å²) in [5.74, 6) is 0.867. The molecule has 2 aliphatic rings. The minimum Gasteiger partial charge on any atom is -0.490 e. The van der Waals surface area contributed by atoms with Crippen LogP contribution >= 0.6 is 0 Å². The molecule has 2 aliphatic heterocycles. The molecule has 6 nitrogen and oxygen atoms in total. The lowest BCUT2D eigenvalue weighted by atomic mass is 10.0. The van der Waals surface area contributed by atoms with Crippen LogP contribution in [0, 0.1) is 0 Å². The van der Waals surface area contributed by atoms with Crippen molar-refractivity contribution in [3.05, 3.63) is 41.6 Å². The average Bonchev–Trinajstić information content (AvgIpc) is 3.28. The number of amides is 1. The van der Waals surface area contributed by atoms with Gasteiger partial charge in [-0.3, -0.25) is 4.79 Å². The summed E-state index contributed by atoms with van der Waals surface area (Å²) in [7, 11) is 1.83. The molecule has 0 radical (unpaired) electrons. The Morgan fingerprint density at radius 2 is 2.16 bits per heavy atom. The Bertz CT molecular complexity index is 785. The number of nitrogens with zero attached hydrogens (tertiary/aromatic N) is 3. The lowest BCUT2D eigenvalue weighted by Crippen LogP contribution is -2.38. The molecule has 25 heavy (non-hydrogen) atoms. The van der Waals surface area contributed by atoms with Gasteiger partial charge in [-0.05, 0) is 55.8 Å². The van der Waals surface area contributed by atoms with Crippen LogP contribution in [0.25, 0.3) is 11.3 Å². The minimum absolute atomic E-state index is 0.0797. The van der Waals surface area contributed by atoms with Crippen LogP contribution in [0.15, 0.2) is 30.3 Å². The average molecular weight is 338 g/mol. The lowest BCUT2D eigenvalue weighted by molar-refractivity contribution is 0.0736. The molecule has 1 aromatic carbocycles. The first kappa shape index (κ1) is 16.0. The zero-order valence-electron chi connectivity index (χ0n) is 14.5. The van der Waals surface area contributed by atoms with Crippen molar-refractivity contribution < 1.29 is 9.53 Å². The van der Waals surface area contributed by atoms with Gasteiger partial charge in [-0.1, -0.05) is 0 Å². The molecule has 0 spiro atoms. The summed E-state index contributed by atoms with van der Waals surface area (Å²) >= 11 is 0. The molecule has 0 bridgehead atoms. The Kier molecular flexibility index (Phi) is 4.13. The number of hydrogen-bond donors (Lipinski definition) is 1. The minimum atomic E-state index is -0.0797. The summed E-state index contributed by atoms with van der Waals surface area (Å²) in [5, 5.41) is 11.7. The van der Waals surface area contributed by atoms with E-state index in [4.69, 9.17) is 4.74 Å². The summed E-state index contributed by atoms with van der Waals surface area (Å²) in [6.07, 6.45) is 2.11. The van der Waals surface area contributed by atoms with E-state index in [0.29, 0.717) is 5.69 Å². The summed E-state index contributed by atoms with van der Waals surface area (Å²) in [6, 6.07) is 9.92.